The molecule has 154 valence electrons. The second-order valence-electron chi connectivity index (χ2n) is 7.26. The van der Waals surface area contributed by atoms with Crippen LogP contribution in [0.2, 0.25) is 0 Å². The molecule has 8 nitrogen and oxygen atoms in total. The van der Waals surface area contributed by atoms with E-state index >= 15 is 0 Å². The number of aliphatic hydroxyl groups excluding tert-OH is 1. The van der Waals surface area contributed by atoms with E-state index in [0.29, 0.717) is 12.0 Å². The third-order valence-electron chi connectivity index (χ3n) is 5.78. The molecule has 2 aliphatic heterocycles. The van der Waals surface area contributed by atoms with Crippen molar-refractivity contribution in [3.05, 3.63) is 35.9 Å². The third kappa shape index (κ3) is 3.41. The smallest absolute Gasteiger partial charge is 0.338 e. The maximum atomic E-state index is 12.8. The number of carbonyl (C=O) groups is 2. The van der Waals surface area contributed by atoms with E-state index in [2.05, 4.69) is 0 Å². The Morgan fingerprint density at radius 1 is 1.07 bits per heavy atom. The summed E-state index contributed by atoms with van der Waals surface area (Å²) in [6.07, 6.45) is -1.94. The number of cyclic esters (lactones) is 2. The van der Waals surface area contributed by atoms with E-state index in [1.807, 2.05) is 6.07 Å². The molecule has 2 saturated heterocycles. The highest BCUT2D eigenvalue weighted by molar-refractivity contribution is 5.80. The minimum Gasteiger partial charge on any atom is -0.465 e. The molecule has 1 N–H and O–H groups in total. The lowest BCUT2D eigenvalue weighted by molar-refractivity contribution is -0.410. The van der Waals surface area contributed by atoms with Gasteiger partial charge in [0.05, 0.1) is 18.6 Å². The SMILES string of the molecule is CO[C@]1(C)OC(=O)[C@H]([C@@H]2CCOC(=O)[C@H]2[C@@H](O)c2ccccc2)O[C@@]1(C)OC. The number of benzene rings is 1. The van der Waals surface area contributed by atoms with Crippen LogP contribution in [0.25, 0.3) is 0 Å². The summed E-state index contributed by atoms with van der Waals surface area (Å²) in [5.41, 5.74) is 0.553. The molecule has 0 amide bonds. The van der Waals surface area contributed by atoms with Gasteiger partial charge in [-0.15, -0.1) is 0 Å². The van der Waals surface area contributed by atoms with E-state index in [0.717, 1.165) is 0 Å². The number of esters is 2. The lowest BCUT2D eigenvalue weighted by atomic mass is 9.77. The van der Waals surface area contributed by atoms with Crippen molar-refractivity contribution in [2.75, 3.05) is 20.8 Å². The first-order valence-electron chi connectivity index (χ1n) is 9.17. The van der Waals surface area contributed by atoms with Crippen molar-refractivity contribution in [1.82, 2.24) is 0 Å². The van der Waals surface area contributed by atoms with Gasteiger partial charge in [0.2, 0.25) is 5.79 Å². The predicted octanol–water partition coefficient (Wildman–Crippen LogP) is 1.57. The molecule has 0 bridgehead atoms. The van der Waals surface area contributed by atoms with E-state index < -0.39 is 47.6 Å². The molecule has 0 radical (unpaired) electrons. The van der Waals surface area contributed by atoms with Crippen molar-refractivity contribution in [1.29, 1.82) is 0 Å². The van der Waals surface area contributed by atoms with Gasteiger partial charge in [0.25, 0.3) is 5.79 Å². The van der Waals surface area contributed by atoms with E-state index in [1.54, 1.807) is 31.2 Å². The Labute approximate surface area is 163 Å². The van der Waals surface area contributed by atoms with Crippen molar-refractivity contribution in [3.8, 4) is 0 Å². The molecule has 2 heterocycles. The van der Waals surface area contributed by atoms with Crippen molar-refractivity contribution in [2.24, 2.45) is 11.8 Å². The zero-order valence-corrected chi connectivity index (χ0v) is 16.4. The number of ether oxygens (including phenoxy) is 5. The molecule has 2 fully saturated rings. The average Bonchev–Trinajstić information content (AvgIpc) is 2.70. The number of aliphatic hydroxyl groups is 1. The van der Waals surface area contributed by atoms with Gasteiger partial charge in [-0.1, -0.05) is 30.3 Å². The van der Waals surface area contributed by atoms with Gasteiger partial charge in [-0.05, 0) is 18.9 Å². The van der Waals surface area contributed by atoms with Gasteiger partial charge in [-0.2, -0.15) is 0 Å². The lowest BCUT2D eigenvalue weighted by Crippen LogP contribution is -2.66. The van der Waals surface area contributed by atoms with Crippen LogP contribution in [0.5, 0.6) is 0 Å². The lowest BCUT2D eigenvalue weighted by Gasteiger charge is -2.50. The first-order chi connectivity index (χ1) is 13.3. The van der Waals surface area contributed by atoms with Crippen LogP contribution in [0, 0.1) is 11.8 Å². The molecule has 0 unspecified atom stereocenters. The summed E-state index contributed by atoms with van der Waals surface area (Å²) < 4.78 is 27.5. The van der Waals surface area contributed by atoms with Gasteiger partial charge in [0.1, 0.15) is 0 Å². The quantitative estimate of drug-likeness (QED) is 0.751. The van der Waals surface area contributed by atoms with E-state index in [9.17, 15) is 14.7 Å². The van der Waals surface area contributed by atoms with E-state index in [-0.39, 0.29) is 6.61 Å². The van der Waals surface area contributed by atoms with Crippen LogP contribution in [0.1, 0.15) is 31.9 Å². The van der Waals surface area contributed by atoms with Crippen molar-refractivity contribution in [3.63, 3.8) is 0 Å². The fourth-order valence-electron chi connectivity index (χ4n) is 3.77. The van der Waals surface area contributed by atoms with Gasteiger partial charge >= 0.3 is 11.9 Å². The predicted molar refractivity (Wildman–Crippen MR) is 95.8 cm³/mol. The highest BCUT2D eigenvalue weighted by Gasteiger charge is 2.60. The normalized spacial score (nSPS) is 37.1. The first kappa shape index (κ1) is 20.7. The molecule has 2 aliphatic rings. The minimum atomic E-state index is -1.46. The van der Waals surface area contributed by atoms with Gasteiger partial charge < -0.3 is 28.8 Å². The van der Waals surface area contributed by atoms with Crippen molar-refractivity contribution in [2.45, 2.75) is 44.1 Å². The summed E-state index contributed by atoms with van der Waals surface area (Å²) in [6, 6.07) is 8.76. The Hall–Kier alpha value is -2.00. The molecule has 1 aromatic rings. The Kier molecular flexibility index (Phi) is 5.77. The van der Waals surface area contributed by atoms with Crippen LogP contribution in [0.4, 0.5) is 0 Å². The molecule has 1 aromatic carbocycles. The fraction of sp³-hybridized carbons (Fsp3) is 0.600. The van der Waals surface area contributed by atoms with Crippen LogP contribution < -0.4 is 0 Å². The molecule has 0 aromatic heterocycles. The summed E-state index contributed by atoms with van der Waals surface area (Å²) in [5, 5.41) is 10.9. The maximum absolute atomic E-state index is 12.8. The number of methoxy groups -OCH3 is 2. The van der Waals surface area contributed by atoms with Gasteiger partial charge in [0, 0.05) is 27.1 Å². The average molecular weight is 394 g/mol. The van der Waals surface area contributed by atoms with E-state index in [1.165, 1.54) is 21.1 Å². The number of hydrogen-bond donors (Lipinski definition) is 1. The second kappa shape index (κ2) is 7.79. The minimum absolute atomic E-state index is 0.125. The first-order valence-corrected chi connectivity index (χ1v) is 9.17. The zero-order valence-electron chi connectivity index (χ0n) is 16.4. The standard InChI is InChI=1S/C20H26O8/c1-19(24-3)20(2,25-4)28-18(23)16(27-19)13-10-11-26-17(22)14(13)15(21)12-8-6-5-7-9-12/h5-9,13-16,21H,10-11H2,1-4H3/t13-,14-,15+,16+,19-,20-/m1/s1. The monoisotopic (exact) mass is 394 g/mol. The molecule has 28 heavy (non-hydrogen) atoms. The van der Waals surface area contributed by atoms with Crippen molar-refractivity contribution < 1.29 is 38.4 Å². The highest BCUT2D eigenvalue weighted by Crippen LogP contribution is 2.44. The molecule has 3 rings (SSSR count). The van der Waals surface area contributed by atoms with Crippen LogP contribution >= 0.6 is 0 Å². The van der Waals surface area contributed by atoms with Crippen LogP contribution in [-0.2, 0) is 33.3 Å². The second-order valence-corrected chi connectivity index (χ2v) is 7.26. The molecule has 0 saturated carbocycles. The Bertz CT molecular complexity index is 722. The third-order valence-corrected chi connectivity index (χ3v) is 5.78. The molecule has 0 aliphatic carbocycles. The summed E-state index contributed by atoms with van der Waals surface area (Å²) in [7, 11) is 2.80. The molecule has 6 atom stereocenters. The Morgan fingerprint density at radius 3 is 2.32 bits per heavy atom. The summed E-state index contributed by atoms with van der Waals surface area (Å²) in [6.45, 7) is 3.26. The van der Waals surface area contributed by atoms with Gasteiger partial charge in [0.15, 0.2) is 6.10 Å². The molecule has 8 heteroatoms. The topological polar surface area (TPSA) is 101 Å². The zero-order chi connectivity index (χ0) is 20.5. The van der Waals surface area contributed by atoms with Crippen LogP contribution in [-0.4, -0.2) is 55.5 Å². The van der Waals surface area contributed by atoms with Crippen molar-refractivity contribution >= 4 is 11.9 Å². The van der Waals surface area contributed by atoms with Gasteiger partial charge in [-0.3, -0.25) is 4.79 Å². The Morgan fingerprint density at radius 2 is 1.71 bits per heavy atom. The molecule has 0 spiro atoms. The number of hydrogen-bond acceptors (Lipinski definition) is 8. The van der Waals surface area contributed by atoms with Crippen LogP contribution in [0.15, 0.2) is 30.3 Å². The fourth-order valence-corrected chi connectivity index (χ4v) is 3.77. The molecular formula is C20H26O8. The summed E-state index contributed by atoms with van der Waals surface area (Å²) >= 11 is 0. The highest BCUT2D eigenvalue weighted by atomic mass is 16.8. The molecular weight excluding hydrogens is 368 g/mol. The Balaban J connectivity index is 1.93. The van der Waals surface area contributed by atoms with E-state index in [4.69, 9.17) is 23.7 Å². The van der Waals surface area contributed by atoms with Gasteiger partial charge in [-0.25, -0.2) is 4.79 Å². The van der Waals surface area contributed by atoms with Crippen LogP contribution in [0.3, 0.4) is 0 Å². The maximum Gasteiger partial charge on any atom is 0.338 e. The number of rotatable bonds is 5. The summed E-state index contributed by atoms with van der Waals surface area (Å²) in [5.74, 6) is -5.75. The largest absolute Gasteiger partial charge is 0.465 e. The number of carbonyl (C=O) groups excluding carboxylic acids is 2. The summed E-state index contributed by atoms with van der Waals surface area (Å²) in [4.78, 5) is 25.3.